The molecule has 0 heterocycles. The molecule has 0 aromatic heterocycles. The van der Waals surface area contributed by atoms with E-state index in [1.54, 1.807) is 0 Å². The fraction of sp³-hybridized carbons (Fsp3) is 0.100. The molecule has 2 atom stereocenters. The summed E-state index contributed by atoms with van der Waals surface area (Å²) in [4.78, 5) is 0. The third-order valence-corrected chi connectivity index (χ3v) is 5.00. The number of benzene rings is 3. The Bertz CT molecular complexity index is 730. The summed E-state index contributed by atoms with van der Waals surface area (Å²) in [7, 11) is 5.47. The predicted molar refractivity (Wildman–Crippen MR) is 105 cm³/mol. The summed E-state index contributed by atoms with van der Waals surface area (Å²) < 4.78 is 0. The van der Waals surface area contributed by atoms with E-state index in [4.69, 9.17) is 0 Å². The molecule has 0 nitrogen and oxygen atoms in total. The van der Waals surface area contributed by atoms with Crippen molar-refractivity contribution in [1.82, 2.24) is 0 Å². The van der Waals surface area contributed by atoms with Crippen LogP contribution in [0.25, 0.3) is 22.3 Å². The number of hydrogen-bond acceptors (Lipinski definition) is 0. The van der Waals surface area contributed by atoms with Crippen LogP contribution in [0.15, 0.2) is 60.7 Å². The van der Waals surface area contributed by atoms with Crippen LogP contribution >= 0.6 is 18.5 Å². The standard InChI is InChI=1S/C20H20P2/c1-13-14(2)20(16-5-9-18(22)10-6-16)12-11-19(13)15-3-7-17(21)8-4-15/h3-12H,21-22H2,1-2H3. The second-order valence-electron chi connectivity index (χ2n) is 5.65. The van der Waals surface area contributed by atoms with Gasteiger partial charge >= 0.3 is 0 Å². The lowest BCUT2D eigenvalue weighted by Gasteiger charge is -2.14. The molecule has 0 saturated carbocycles. The van der Waals surface area contributed by atoms with Crippen LogP contribution in [-0.2, 0) is 0 Å². The zero-order valence-corrected chi connectivity index (χ0v) is 15.2. The maximum absolute atomic E-state index is 2.74. The molecule has 3 aromatic carbocycles. The van der Waals surface area contributed by atoms with E-state index >= 15 is 0 Å². The van der Waals surface area contributed by atoms with Gasteiger partial charge in [-0.05, 0) is 57.8 Å². The molecular weight excluding hydrogens is 302 g/mol. The minimum atomic E-state index is 1.22. The molecule has 0 N–H and O–H groups in total. The van der Waals surface area contributed by atoms with Gasteiger partial charge in [0.1, 0.15) is 0 Å². The summed E-state index contributed by atoms with van der Waals surface area (Å²) in [6.07, 6.45) is 0. The van der Waals surface area contributed by atoms with Crippen molar-refractivity contribution in [3.8, 4) is 22.3 Å². The summed E-state index contributed by atoms with van der Waals surface area (Å²) >= 11 is 0. The molecule has 0 aliphatic carbocycles. The molecule has 2 heteroatoms. The lowest BCUT2D eigenvalue weighted by atomic mass is 9.91. The minimum absolute atomic E-state index is 1.22. The normalized spacial score (nSPS) is 10.7. The topological polar surface area (TPSA) is 0 Å². The van der Waals surface area contributed by atoms with Gasteiger partial charge in [0, 0.05) is 0 Å². The first-order valence-corrected chi connectivity index (χ1v) is 8.54. The number of hydrogen-bond donors (Lipinski definition) is 0. The zero-order chi connectivity index (χ0) is 15.7. The van der Waals surface area contributed by atoms with Gasteiger partial charge in [0.15, 0.2) is 0 Å². The van der Waals surface area contributed by atoms with Crippen molar-refractivity contribution < 1.29 is 0 Å². The summed E-state index contributed by atoms with van der Waals surface area (Å²) in [6, 6.07) is 21.8. The van der Waals surface area contributed by atoms with Crippen molar-refractivity contribution in [3.63, 3.8) is 0 Å². The molecule has 22 heavy (non-hydrogen) atoms. The smallest absolute Gasteiger partial charge is 0.0152 e. The Balaban J connectivity index is 2.08. The highest BCUT2D eigenvalue weighted by Gasteiger charge is 2.09. The summed E-state index contributed by atoms with van der Waals surface area (Å²) in [6.45, 7) is 4.43. The lowest BCUT2D eigenvalue weighted by Crippen LogP contribution is -1.95. The average molecular weight is 322 g/mol. The molecule has 0 aliphatic rings. The average Bonchev–Trinajstić information content (AvgIpc) is 2.52. The van der Waals surface area contributed by atoms with Crippen molar-refractivity contribution >= 4 is 29.1 Å². The van der Waals surface area contributed by atoms with E-state index in [0.717, 1.165) is 0 Å². The molecule has 110 valence electrons. The van der Waals surface area contributed by atoms with E-state index in [-0.39, 0.29) is 0 Å². The van der Waals surface area contributed by atoms with E-state index in [0.29, 0.717) is 0 Å². The second kappa shape index (κ2) is 6.33. The van der Waals surface area contributed by atoms with Gasteiger partial charge in [-0.15, -0.1) is 18.5 Å². The first-order chi connectivity index (χ1) is 10.6. The zero-order valence-electron chi connectivity index (χ0n) is 12.9. The fourth-order valence-electron chi connectivity index (χ4n) is 2.77. The van der Waals surface area contributed by atoms with Crippen molar-refractivity contribution in [1.29, 1.82) is 0 Å². The van der Waals surface area contributed by atoms with E-state index in [2.05, 4.69) is 93.0 Å². The van der Waals surface area contributed by atoms with Crippen LogP contribution in [0, 0.1) is 13.8 Å². The van der Waals surface area contributed by atoms with Crippen molar-refractivity contribution in [2.45, 2.75) is 13.8 Å². The lowest BCUT2D eigenvalue weighted by molar-refractivity contribution is 1.34. The van der Waals surface area contributed by atoms with Crippen molar-refractivity contribution in [3.05, 3.63) is 71.8 Å². The van der Waals surface area contributed by atoms with Gasteiger partial charge in [0.05, 0.1) is 0 Å². The molecule has 0 bridgehead atoms. The highest BCUT2D eigenvalue weighted by Crippen LogP contribution is 2.32. The molecule has 0 aliphatic heterocycles. The van der Waals surface area contributed by atoms with E-state index < -0.39 is 0 Å². The van der Waals surface area contributed by atoms with Crippen molar-refractivity contribution in [2.75, 3.05) is 0 Å². The molecule has 0 fully saturated rings. The molecule has 0 amide bonds. The fourth-order valence-corrected chi connectivity index (χ4v) is 3.16. The molecule has 3 rings (SSSR count). The molecule has 3 aromatic rings. The van der Waals surface area contributed by atoms with Gasteiger partial charge in [-0.25, -0.2) is 0 Å². The Morgan fingerprint density at radius 2 is 0.818 bits per heavy atom. The predicted octanol–water partition coefficient (Wildman–Crippen LogP) is 4.64. The summed E-state index contributed by atoms with van der Waals surface area (Å²) in [5.74, 6) is 0. The Hall–Kier alpha value is -1.48. The van der Waals surface area contributed by atoms with Crippen molar-refractivity contribution in [2.24, 2.45) is 0 Å². The van der Waals surface area contributed by atoms with Gasteiger partial charge in [-0.1, -0.05) is 60.7 Å². The van der Waals surface area contributed by atoms with Crippen LogP contribution in [0.5, 0.6) is 0 Å². The molecular formula is C20H20P2. The maximum atomic E-state index is 2.74. The minimum Gasteiger partial charge on any atom is -0.106 e. The van der Waals surface area contributed by atoms with Crippen LogP contribution in [0.2, 0.25) is 0 Å². The van der Waals surface area contributed by atoms with Crippen LogP contribution in [-0.4, -0.2) is 0 Å². The monoisotopic (exact) mass is 322 g/mol. The van der Waals surface area contributed by atoms with Crippen LogP contribution in [0.4, 0.5) is 0 Å². The maximum Gasteiger partial charge on any atom is -0.0152 e. The second-order valence-corrected chi connectivity index (χ2v) is 6.99. The van der Waals surface area contributed by atoms with E-state index in [1.165, 1.54) is 44.0 Å². The number of rotatable bonds is 2. The third kappa shape index (κ3) is 3.00. The third-order valence-electron chi connectivity index (χ3n) is 4.23. The van der Waals surface area contributed by atoms with Crippen LogP contribution in [0.3, 0.4) is 0 Å². The Labute approximate surface area is 137 Å². The van der Waals surface area contributed by atoms with E-state index in [9.17, 15) is 0 Å². The highest BCUT2D eigenvalue weighted by molar-refractivity contribution is 7.27. The van der Waals surface area contributed by atoms with Gasteiger partial charge in [-0.2, -0.15) is 0 Å². The quantitative estimate of drug-likeness (QED) is 0.603. The van der Waals surface area contributed by atoms with Crippen LogP contribution in [0.1, 0.15) is 11.1 Å². The first kappa shape index (κ1) is 15.4. The van der Waals surface area contributed by atoms with E-state index in [1.807, 2.05) is 0 Å². The summed E-state index contributed by atoms with van der Waals surface area (Å²) in [5.41, 5.74) is 7.88. The SMILES string of the molecule is Cc1c(-c2ccc(P)cc2)ccc(-c2ccc(P)cc2)c1C. The van der Waals surface area contributed by atoms with Gasteiger partial charge in [0.25, 0.3) is 0 Å². The highest BCUT2D eigenvalue weighted by atomic mass is 31.0. The Morgan fingerprint density at radius 1 is 0.500 bits per heavy atom. The van der Waals surface area contributed by atoms with Gasteiger partial charge in [-0.3, -0.25) is 0 Å². The van der Waals surface area contributed by atoms with Gasteiger partial charge < -0.3 is 0 Å². The van der Waals surface area contributed by atoms with Crippen LogP contribution < -0.4 is 10.6 Å². The molecule has 2 unspecified atom stereocenters. The Morgan fingerprint density at radius 3 is 1.14 bits per heavy atom. The summed E-state index contributed by atoms with van der Waals surface area (Å²) in [5, 5.41) is 2.43. The molecule has 0 saturated heterocycles. The Kier molecular flexibility index (Phi) is 4.44. The molecule has 0 radical (unpaired) electrons. The first-order valence-electron chi connectivity index (χ1n) is 7.38. The molecule has 0 spiro atoms. The van der Waals surface area contributed by atoms with Gasteiger partial charge in [0.2, 0.25) is 0 Å². The largest absolute Gasteiger partial charge is 0.106 e.